The fourth-order valence-corrected chi connectivity index (χ4v) is 2.99. The van der Waals surface area contributed by atoms with Gasteiger partial charge < -0.3 is 20.1 Å². The summed E-state index contributed by atoms with van der Waals surface area (Å²) in [6.07, 6.45) is 0.502. The molecule has 0 aromatic heterocycles. The Kier molecular flexibility index (Phi) is 7.80. The molecule has 0 bridgehead atoms. The van der Waals surface area contributed by atoms with Crippen molar-refractivity contribution in [2.75, 3.05) is 24.4 Å². The summed E-state index contributed by atoms with van der Waals surface area (Å²) in [5, 5.41) is 6.78. The van der Waals surface area contributed by atoms with Gasteiger partial charge in [0.1, 0.15) is 0 Å². The maximum atomic E-state index is 11.9. The third-order valence-corrected chi connectivity index (χ3v) is 4.09. The first-order valence-electron chi connectivity index (χ1n) is 9.06. The number of anilines is 2. The fraction of sp³-hybridized carbons (Fsp3) is 0.381. The van der Waals surface area contributed by atoms with Gasteiger partial charge in [-0.1, -0.05) is 31.5 Å². The van der Waals surface area contributed by atoms with Crippen LogP contribution in [-0.2, 0) is 11.3 Å². The van der Waals surface area contributed by atoms with E-state index in [1.54, 1.807) is 7.11 Å². The highest BCUT2D eigenvalue weighted by atomic mass is 35.5. The summed E-state index contributed by atoms with van der Waals surface area (Å²) < 4.78 is 10.9. The first kappa shape index (κ1) is 20.9. The molecular weight excluding hydrogens is 364 g/mol. The van der Waals surface area contributed by atoms with E-state index in [0.29, 0.717) is 42.0 Å². The SMILES string of the molecule is CCOc1cc(CNc2cccc(NC(=O)CC(C)C)c2)cc(Cl)c1OC. The van der Waals surface area contributed by atoms with Crippen LogP contribution in [-0.4, -0.2) is 19.6 Å². The van der Waals surface area contributed by atoms with Crippen LogP contribution in [0.1, 0.15) is 32.8 Å². The van der Waals surface area contributed by atoms with Crippen molar-refractivity contribution in [2.45, 2.75) is 33.7 Å². The van der Waals surface area contributed by atoms with E-state index in [9.17, 15) is 4.79 Å². The Hall–Kier alpha value is -2.40. The molecule has 0 saturated carbocycles. The number of nitrogens with one attached hydrogen (secondary N) is 2. The molecule has 2 aromatic carbocycles. The number of carbonyl (C=O) groups excluding carboxylic acids is 1. The first-order valence-corrected chi connectivity index (χ1v) is 9.43. The van der Waals surface area contributed by atoms with Gasteiger partial charge in [0.15, 0.2) is 11.5 Å². The van der Waals surface area contributed by atoms with Gasteiger partial charge in [0.25, 0.3) is 0 Å². The molecule has 0 atom stereocenters. The molecule has 0 aliphatic carbocycles. The van der Waals surface area contributed by atoms with Crippen molar-refractivity contribution in [3.05, 3.63) is 47.0 Å². The minimum absolute atomic E-state index is 0.0189. The number of ether oxygens (including phenoxy) is 2. The molecule has 0 radical (unpaired) electrons. The molecule has 6 heteroatoms. The van der Waals surface area contributed by atoms with Crippen molar-refractivity contribution in [3.8, 4) is 11.5 Å². The molecule has 0 heterocycles. The van der Waals surface area contributed by atoms with Crippen molar-refractivity contribution in [2.24, 2.45) is 5.92 Å². The van der Waals surface area contributed by atoms with Crippen LogP contribution in [0.4, 0.5) is 11.4 Å². The van der Waals surface area contributed by atoms with Crippen LogP contribution in [0.15, 0.2) is 36.4 Å². The van der Waals surface area contributed by atoms with Crippen molar-refractivity contribution in [1.29, 1.82) is 0 Å². The van der Waals surface area contributed by atoms with Gasteiger partial charge in [0.2, 0.25) is 5.91 Å². The number of carbonyl (C=O) groups is 1. The second kappa shape index (κ2) is 10.1. The van der Waals surface area contributed by atoms with Crippen LogP contribution in [0.3, 0.4) is 0 Å². The second-order valence-electron chi connectivity index (χ2n) is 6.62. The van der Waals surface area contributed by atoms with Crippen LogP contribution < -0.4 is 20.1 Å². The quantitative estimate of drug-likeness (QED) is 0.606. The van der Waals surface area contributed by atoms with Crippen LogP contribution >= 0.6 is 11.6 Å². The predicted molar refractivity (Wildman–Crippen MR) is 111 cm³/mol. The van der Waals surface area contributed by atoms with Crippen molar-refractivity contribution in [3.63, 3.8) is 0 Å². The van der Waals surface area contributed by atoms with Crippen molar-refractivity contribution in [1.82, 2.24) is 0 Å². The Morgan fingerprint density at radius 1 is 1.19 bits per heavy atom. The van der Waals surface area contributed by atoms with Gasteiger partial charge in [-0.25, -0.2) is 0 Å². The minimum atomic E-state index is 0.0189. The molecular formula is C21H27ClN2O3. The molecule has 2 N–H and O–H groups in total. The number of rotatable bonds is 9. The highest BCUT2D eigenvalue weighted by molar-refractivity contribution is 6.32. The summed E-state index contributed by atoms with van der Waals surface area (Å²) in [6.45, 7) is 7.05. The average molecular weight is 391 g/mol. The van der Waals surface area contributed by atoms with E-state index in [1.165, 1.54) is 0 Å². The molecule has 146 valence electrons. The van der Waals surface area contributed by atoms with E-state index < -0.39 is 0 Å². The standard InChI is InChI=1S/C21H27ClN2O3/c1-5-27-19-11-15(10-18(22)21(19)26-4)13-23-16-7-6-8-17(12-16)24-20(25)9-14(2)3/h6-8,10-12,14,23H,5,9,13H2,1-4H3,(H,24,25). The van der Waals surface area contributed by atoms with E-state index >= 15 is 0 Å². The summed E-state index contributed by atoms with van der Waals surface area (Å²) in [6, 6.07) is 11.4. The highest BCUT2D eigenvalue weighted by Crippen LogP contribution is 2.36. The van der Waals surface area contributed by atoms with E-state index in [1.807, 2.05) is 57.2 Å². The number of hydrogen-bond acceptors (Lipinski definition) is 4. The summed E-state index contributed by atoms with van der Waals surface area (Å²) in [5.74, 6) is 1.51. The molecule has 0 unspecified atom stereocenters. The Balaban J connectivity index is 2.06. The smallest absolute Gasteiger partial charge is 0.224 e. The molecule has 0 aliphatic heterocycles. The van der Waals surface area contributed by atoms with Gasteiger partial charge >= 0.3 is 0 Å². The number of benzene rings is 2. The Morgan fingerprint density at radius 2 is 1.93 bits per heavy atom. The molecule has 0 spiro atoms. The third-order valence-electron chi connectivity index (χ3n) is 3.81. The molecule has 0 aliphatic rings. The number of hydrogen-bond donors (Lipinski definition) is 2. The molecule has 5 nitrogen and oxygen atoms in total. The zero-order valence-electron chi connectivity index (χ0n) is 16.3. The van der Waals surface area contributed by atoms with Crippen molar-refractivity contribution < 1.29 is 14.3 Å². The van der Waals surface area contributed by atoms with Crippen LogP contribution in [0.5, 0.6) is 11.5 Å². The maximum Gasteiger partial charge on any atom is 0.224 e. The molecule has 2 rings (SSSR count). The Bertz CT molecular complexity index is 778. The lowest BCUT2D eigenvalue weighted by Gasteiger charge is -2.14. The second-order valence-corrected chi connectivity index (χ2v) is 7.03. The predicted octanol–water partition coefficient (Wildman–Crippen LogP) is 5.34. The molecule has 27 heavy (non-hydrogen) atoms. The minimum Gasteiger partial charge on any atom is -0.491 e. The summed E-state index contributed by atoms with van der Waals surface area (Å²) >= 11 is 6.30. The van der Waals surface area contributed by atoms with Crippen LogP contribution in [0.2, 0.25) is 5.02 Å². The zero-order chi connectivity index (χ0) is 19.8. The summed E-state index contributed by atoms with van der Waals surface area (Å²) in [7, 11) is 1.57. The summed E-state index contributed by atoms with van der Waals surface area (Å²) in [5.41, 5.74) is 2.65. The van der Waals surface area contributed by atoms with Gasteiger partial charge in [0, 0.05) is 24.3 Å². The highest BCUT2D eigenvalue weighted by Gasteiger charge is 2.11. The van der Waals surface area contributed by atoms with Crippen LogP contribution in [0, 0.1) is 5.92 Å². The van der Waals surface area contributed by atoms with E-state index in [2.05, 4.69) is 10.6 Å². The number of methoxy groups -OCH3 is 1. The maximum absolute atomic E-state index is 11.9. The Labute approximate surface area is 166 Å². The molecule has 0 fully saturated rings. The van der Waals surface area contributed by atoms with E-state index in [-0.39, 0.29) is 5.91 Å². The van der Waals surface area contributed by atoms with Gasteiger partial charge in [-0.15, -0.1) is 0 Å². The molecule has 2 aromatic rings. The number of halogens is 1. The monoisotopic (exact) mass is 390 g/mol. The average Bonchev–Trinajstić information content (AvgIpc) is 2.59. The lowest BCUT2D eigenvalue weighted by Crippen LogP contribution is -2.13. The normalized spacial score (nSPS) is 10.6. The topological polar surface area (TPSA) is 59.6 Å². The zero-order valence-corrected chi connectivity index (χ0v) is 17.0. The van der Waals surface area contributed by atoms with Gasteiger partial charge in [-0.2, -0.15) is 0 Å². The van der Waals surface area contributed by atoms with Crippen LogP contribution in [0.25, 0.3) is 0 Å². The van der Waals surface area contributed by atoms with Gasteiger partial charge in [0.05, 0.1) is 18.7 Å². The molecule has 1 amide bonds. The number of amides is 1. The first-order chi connectivity index (χ1) is 12.9. The Morgan fingerprint density at radius 3 is 2.59 bits per heavy atom. The summed E-state index contributed by atoms with van der Waals surface area (Å²) in [4.78, 5) is 11.9. The largest absolute Gasteiger partial charge is 0.491 e. The van der Waals surface area contributed by atoms with E-state index in [0.717, 1.165) is 16.9 Å². The van der Waals surface area contributed by atoms with Gasteiger partial charge in [-0.05, 0) is 48.7 Å². The lowest BCUT2D eigenvalue weighted by atomic mass is 10.1. The third kappa shape index (κ3) is 6.36. The van der Waals surface area contributed by atoms with E-state index in [4.69, 9.17) is 21.1 Å². The molecule has 0 saturated heterocycles. The van der Waals surface area contributed by atoms with Gasteiger partial charge in [-0.3, -0.25) is 4.79 Å². The lowest BCUT2D eigenvalue weighted by molar-refractivity contribution is -0.116. The van der Waals surface area contributed by atoms with Crippen molar-refractivity contribution >= 4 is 28.9 Å². The fourth-order valence-electron chi connectivity index (χ4n) is 2.68.